The summed E-state index contributed by atoms with van der Waals surface area (Å²) in [6, 6.07) is -0.187. The fourth-order valence-corrected chi connectivity index (χ4v) is 2.50. The zero-order valence-corrected chi connectivity index (χ0v) is 11.4. The molecule has 0 aromatic carbocycles. The molecule has 2 amide bonds. The molecule has 1 aliphatic rings. The zero-order chi connectivity index (χ0) is 13.5. The molecule has 1 aliphatic carbocycles. The molecule has 1 saturated carbocycles. The summed E-state index contributed by atoms with van der Waals surface area (Å²) in [5.74, 6) is -0.434. The maximum atomic E-state index is 12.0. The summed E-state index contributed by atoms with van der Waals surface area (Å²) in [6.45, 7) is 5.21. The van der Waals surface area contributed by atoms with Crippen LogP contribution in [0.5, 0.6) is 0 Å². The van der Waals surface area contributed by atoms with Gasteiger partial charge < -0.3 is 16.0 Å². The van der Waals surface area contributed by atoms with Gasteiger partial charge in [-0.05, 0) is 26.7 Å². The van der Waals surface area contributed by atoms with E-state index in [2.05, 4.69) is 5.32 Å². The number of rotatable bonds is 7. The molecule has 1 fully saturated rings. The largest absolute Gasteiger partial charge is 0.368 e. The Kier molecular flexibility index (Phi) is 6.12. The third kappa shape index (κ3) is 4.29. The van der Waals surface area contributed by atoms with E-state index in [9.17, 15) is 9.59 Å². The lowest BCUT2D eigenvalue weighted by Gasteiger charge is -2.24. The van der Waals surface area contributed by atoms with Crippen molar-refractivity contribution in [1.82, 2.24) is 10.2 Å². The highest BCUT2D eigenvalue weighted by molar-refractivity contribution is 5.87. The van der Waals surface area contributed by atoms with Crippen molar-refractivity contribution in [1.29, 1.82) is 0 Å². The molecule has 0 aliphatic heterocycles. The molecule has 5 heteroatoms. The molecule has 0 aromatic heterocycles. The average Bonchev–Trinajstić information content (AvgIpc) is 2.82. The Morgan fingerprint density at radius 2 is 1.83 bits per heavy atom. The Morgan fingerprint density at radius 3 is 2.28 bits per heavy atom. The van der Waals surface area contributed by atoms with Crippen molar-refractivity contribution in [3.05, 3.63) is 0 Å². The second-order valence-corrected chi connectivity index (χ2v) is 4.87. The molecule has 0 bridgehead atoms. The van der Waals surface area contributed by atoms with Crippen molar-refractivity contribution in [2.24, 2.45) is 5.73 Å². The molecule has 1 atom stereocenters. The highest BCUT2D eigenvalue weighted by Crippen LogP contribution is 2.18. The number of carbonyl (C=O) groups excluding carboxylic acids is 2. The van der Waals surface area contributed by atoms with Gasteiger partial charge in [-0.3, -0.25) is 9.59 Å². The maximum absolute atomic E-state index is 12.0. The van der Waals surface area contributed by atoms with Crippen molar-refractivity contribution in [2.45, 2.75) is 58.0 Å². The van der Waals surface area contributed by atoms with Crippen LogP contribution < -0.4 is 11.1 Å². The van der Waals surface area contributed by atoms with Crippen molar-refractivity contribution in [3.63, 3.8) is 0 Å². The summed E-state index contributed by atoms with van der Waals surface area (Å²) >= 11 is 0. The average molecular weight is 255 g/mol. The van der Waals surface area contributed by atoms with E-state index in [4.69, 9.17) is 5.73 Å². The Labute approximate surface area is 109 Å². The van der Waals surface area contributed by atoms with Crippen LogP contribution in [0.1, 0.15) is 46.0 Å². The Balaban J connectivity index is 2.51. The molecule has 18 heavy (non-hydrogen) atoms. The number of hydrogen-bond acceptors (Lipinski definition) is 3. The van der Waals surface area contributed by atoms with Crippen LogP contribution in [-0.2, 0) is 9.59 Å². The molecule has 0 spiro atoms. The fourth-order valence-electron chi connectivity index (χ4n) is 2.50. The lowest BCUT2D eigenvalue weighted by Crippen LogP contribution is -2.48. The number of carbonyl (C=O) groups is 2. The van der Waals surface area contributed by atoms with Gasteiger partial charge >= 0.3 is 0 Å². The number of primary amides is 1. The minimum absolute atomic E-state index is 0.00528. The molecule has 3 N–H and O–H groups in total. The summed E-state index contributed by atoms with van der Waals surface area (Å²) < 4.78 is 0. The molecular weight excluding hydrogens is 230 g/mol. The summed E-state index contributed by atoms with van der Waals surface area (Å²) in [5.41, 5.74) is 5.37. The normalized spacial score (nSPS) is 17.7. The molecule has 0 aromatic rings. The van der Waals surface area contributed by atoms with Gasteiger partial charge in [0.2, 0.25) is 11.8 Å². The van der Waals surface area contributed by atoms with E-state index in [-0.39, 0.29) is 12.3 Å². The van der Waals surface area contributed by atoms with Gasteiger partial charge in [-0.1, -0.05) is 12.8 Å². The van der Waals surface area contributed by atoms with Gasteiger partial charge in [-0.15, -0.1) is 0 Å². The van der Waals surface area contributed by atoms with Crippen LogP contribution in [0, 0.1) is 0 Å². The van der Waals surface area contributed by atoms with Gasteiger partial charge in [0.05, 0.1) is 12.5 Å². The van der Waals surface area contributed by atoms with E-state index in [1.54, 1.807) is 4.90 Å². The van der Waals surface area contributed by atoms with Crippen molar-refractivity contribution < 1.29 is 9.59 Å². The van der Waals surface area contributed by atoms with Crippen LogP contribution in [-0.4, -0.2) is 41.9 Å². The molecule has 0 heterocycles. The van der Waals surface area contributed by atoms with Gasteiger partial charge in [0.25, 0.3) is 0 Å². The van der Waals surface area contributed by atoms with Crippen LogP contribution in [0.3, 0.4) is 0 Å². The fraction of sp³-hybridized carbons (Fsp3) is 0.846. The summed E-state index contributed by atoms with van der Waals surface area (Å²) in [5, 5.41) is 3.23. The lowest BCUT2D eigenvalue weighted by atomic mass is 10.1. The molecule has 1 unspecified atom stereocenters. The van der Waals surface area contributed by atoms with Gasteiger partial charge in [0.1, 0.15) is 0 Å². The molecule has 1 rings (SSSR count). The topological polar surface area (TPSA) is 75.4 Å². The monoisotopic (exact) mass is 255 g/mol. The van der Waals surface area contributed by atoms with Crippen LogP contribution in [0.2, 0.25) is 0 Å². The second-order valence-electron chi connectivity index (χ2n) is 4.87. The van der Waals surface area contributed by atoms with E-state index < -0.39 is 11.9 Å². The lowest BCUT2D eigenvalue weighted by molar-refractivity contribution is -0.134. The number of nitrogens with one attached hydrogen (secondary N) is 1. The van der Waals surface area contributed by atoms with E-state index in [0.29, 0.717) is 19.1 Å². The molecule has 104 valence electrons. The van der Waals surface area contributed by atoms with Gasteiger partial charge in [0.15, 0.2) is 0 Å². The van der Waals surface area contributed by atoms with Gasteiger partial charge in [-0.25, -0.2) is 0 Å². The predicted octanol–water partition coefficient (Wildman–Crippen LogP) is 0.631. The maximum Gasteiger partial charge on any atom is 0.235 e. The second kappa shape index (κ2) is 7.36. The van der Waals surface area contributed by atoms with Crippen LogP contribution >= 0.6 is 0 Å². The molecule has 0 saturated heterocycles. The highest BCUT2D eigenvalue weighted by Gasteiger charge is 2.25. The molecule has 0 radical (unpaired) electrons. The molecule has 5 nitrogen and oxygen atoms in total. The zero-order valence-electron chi connectivity index (χ0n) is 11.4. The van der Waals surface area contributed by atoms with E-state index >= 15 is 0 Å². The van der Waals surface area contributed by atoms with E-state index in [1.165, 1.54) is 12.8 Å². The first-order chi connectivity index (χ1) is 8.58. The van der Waals surface area contributed by atoms with Crippen molar-refractivity contribution in [3.8, 4) is 0 Å². The number of amides is 2. The summed E-state index contributed by atoms with van der Waals surface area (Å²) in [6.07, 6.45) is 4.69. The Bertz CT molecular complexity index is 284. The smallest absolute Gasteiger partial charge is 0.235 e. The first kappa shape index (κ1) is 15.0. The van der Waals surface area contributed by atoms with E-state index in [0.717, 1.165) is 12.8 Å². The third-order valence-electron chi connectivity index (χ3n) is 3.63. The SMILES string of the molecule is CCN(CC)C(=O)CC(NC1CCCC1)C(N)=O. The quantitative estimate of drug-likeness (QED) is 0.700. The number of nitrogens with two attached hydrogens (primary N) is 1. The minimum Gasteiger partial charge on any atom is -0.368 e. The Hall–Kier alpha value is -1.10. The predicted molar refractivity (Wildman–Crippen MR) is 70.9 cm³/mol. The van der Waals surface area contributed by atoms with Gasteiger partial charge in [0, 0.05) is 19.1 Å². The third-order valence-corrected chi connectivity index (χ3v) is 3.63. The van der Waals surface area contributed by atoms with Crippen molar-refractivity contribution in [2.75, 3.05) is 13.1 Å². The van der Waals surface area contributed by atoms with Crippen molar-refractivity contribution >= 4 is 11.8 Å². The minimum atomic E-state index is -0.527. The summed E-state index contributed by atoms with van der Waals surface area (Å²) in [4.78, 5) is 25.1. The van der Waals surface area contributed by atoms with E-state index in [1.807, 2.05) is 13.8 Å². The van der Waals surface area contributed by atoms with Crippen LogP contribution in [0.4, 0.5) is 0 Å². The molecular formula is C13H25N3O2. The highest BCUT2D eigenvalue weighted by atomic mass is 16.2. The Morgan fingerprint density at radius 1 is 1.28 bits per heavy atom. The standard InChI is InChI=1S/C13H25N3O2/c1-3-16(4-2)12(17)9-11(13(14)18)15-10-7-5-6-8-10/h10-11,15H,3-9H2,1-2H3,(H2,14,18). The number of nitrogens with zero attached hydrogens (tertiary/aromatic N) is 1. The van der Waals surface area contributed by atoms with Gasteiger partial charge in [-0.2, -0.15) is 0 Å². The van der Waals surface area contributed by atoms with Crippen LogP contribution in [0.25, 0.3) is 0 Å². The van der Waals surface area contributed by atoms with Crippen LogP contribution in [0.15, 0.2) is 0 Å². The first-order valence-electron chi connectivity index (χ1n) is 6.91. The first-order valence-corrected chi connectivity index (χ1v) is 6.91. The summed E-state index contributed by atoms with van der Waals surface area (Å²) in [7, 11) is 0. The number of hydrogen-bond donors (Lipinski definition) is 2.